The van der Waals surface area contributed by atoms with Crippen molar-refractivity contribution in [3.8, 4) is 11.4 Å². The van der Waals surface area contributed by atoms with Crippen molar-refractivity contribution in [1.82, 2.24) is 15.1 Å². The third-order valence-electron chi connectivity index (χ3n) is 3.47. The summed E-state index contributed by atoms with van der Waals surface area (Å²) < 4.78 is 72.1. The Morgan fingerprint density at radius 3 is 2.43 bits per heavy atom. The van der Waals surface area contributed by atoms with Gasteiger partial charge in [0.25, 0.3) is 5.91 Å². The summed E-state index contributed by atoms with van der Waals surface area (Å²) in [5.41, 5.74) is -0.647. The molecule has 0 aliphatic carbocycles. The van der Waals surface area contributed by atoms with Crippen molar-refractivity contribution in [2.45, 2.75) is 11.1 Å². The lowest BCUT2D eigenvalue weighted by Gasteiger charge is -2.04. The summed E-state index contributed by atoms with van der Waals surface area (Å²) in [6, 6.07) is 5.71. The molecule has 3 rings (SSSR count). The topological polar surface area (TPSA) is 98.3 Å². The third kappa shape index (κ3) is 4.06. The summed E-state index contributed by atoms with van der Waals surface area (Å²) >= 11 is 0. The molecular formula is C16H10F4N4O3S. The van der Waals surface area contributed by atoms with Crippen LogP contribution in [0.15, 0.2) is 56.5 Å². The van der Waals surface area contributed by atoms with Crippen molar-refractivity contribution >= 4 is 15.6 Å². The summed E-state index contributed by atoms with van der Waals surface area (Å²) in [7, 11) is -3.10. The number of benzene rings is 1. The van der Waals surface area contributed by atoms with Gasteiger partial charge in [-0.2, -0.15) is 22.5 Å². The Kier molecular flexibility index (Phi) is 4.98. The van der Waals surface area contributed by atoms with Crippen LogP contribution in [0.25, 0.3) is 11.4 Å². The standard InChI is InChI=1S/C16H10F4N4O3S/c1-28(26,10-4-6-21-7-5-10)24-14(25)9-2-3-11(12(17)8-9)13-22-15(27-23-13)16(18,19)20/h2-8H,1H3. The molecule has 0 aliphatic rings. The molecule has 0 N–H and O–H groups in total. The van der Waals surface area contributed by atoms with Gasteiger partial charge >= 0.3 is 12.1 Å². The lowest BCUT2D eigenvalue weighted by molar-refractivity contribution is -0.159. The first-order valence-corrected chi connectivity index (χ1v) is 9.37. The number of hydrogen-bond donors (Lipinski definition) is 0. The van der Waals surface area contributed by atoms with Gasteiger partial charge in [0.15, 0.2) is 0 Å². The van der Waals surface area contributed by atoms with E-state index in [0.717, 1.165) is 18.2 Å². The van der Waals surface area contributed by atoms with Crippen LogP contribution in [0.1, 0.15) is 16.2 Å². The Bertz CT molecular complexity index is 1150. The normalized spacial score (nSPS) is 13.8. The molecule has 2 aromatic heterocycles. The molecule has 2 heterocycles. The maximum atomic E-state index is 14.3. The highest BCUT2D eigenvalue weighted by Gasteiger charge is 2.38. The fourth-order valence-corrected chi connectivity index (χ4v) is 3.29. The molecule has 0 saturated heterocycles. The van der Waals surface area contributed by atoms with Gasteiger partial charge in [-0.15, -0.1) is 0 Å². The SMILES string of the molecule is CS(=O)(=NC(=O)c1ccc(-c2noc(C(F)(F)F)n2)c(F)c1)c1ccncc1. The highest BCUT2D eigenvalue weighted by Crippen LogP contribution is 2.30. The van der Waals surface area contributed by atoms with Gasteiger partial charge in [0, 0.05) is 24.2 Å². The van der Waals surface area contributed by atoms with Gasteiger partial charge in [-0.1, -0.05) is 5.16 Å². The molecule has 1 atom stereocenters. The maximum Gasteiger partial charge on any atom is 0.471 e. The molecule has 1 amide bonds. The summed E-state index contributed by atoms with van der Waals surface area (Å²) in [5.74, 6) is -4.28. The van der Waals surface area contributed by atoms with Crippen LogP contribution >= 0.6 is 0 Å². The van der Waals surface area contributed by atoms with Gasteiger partial charge in [0.1, 0.15) is 5.82 Å². The number of hydrogen-bond acceptors (Lipinski definition) is 6. The van der Waals surface area contributed by atoms with E-state index < -0.39 is 44.9 Å². The Hall–Kier alpha value is -3.15. The zero-order valence-electron chi connectivity index (χ0n) is 14.0. The maximum absolute atomic E-state index is 14.3. The number of nitrogens with zero attached hydrogens (tertiary/aromatic N) is 4. The lowest BCUT2D eigenvalue weighted by Crippen LogP contribution is -2.05. The van der Waals surface area contributed by atoms with Crippen LogP contribution in [0.4, 0.5) is 17.6 Å². The molecule has 0 fully saturated rings. The van der Waals surface area contributed by atoms with Crippen molar-refractivity contribution in [1.29, 1.82) is 0 Å². The van der Waals surface area contributed by atoms with Crippen LogP contribution in [0.3, 0.4) is 0 Å². The first-order valence-electron chi connectivity index (χ1n) is 7.45. The van der Waals surface area contributed by atoms with Crippen molar-refractivity contribution in [2.75, 3.05) is 6.26 Å². The second-order valence-corrected chi connectivity index (χ2v) is 7.76. The fraction of sp³-hybridized carbons (Fsp3) is 0.125. The van der Waals surface area contributed by atoms with Gasteiger partial charge < -0.3 is 4.52 Å². The average Bonchev–Trinajstić information content (AvgIpc) is 3.12. The van der Waals surface area contributed by atoms with Gasteiger partial charge in [0.05, 0.1) is 20.2 Å². The van der Waals surface area contributed by atoms with Crippen molar-refractivity contribution < 1.29 is 31.1 Å². The number of alkyl halides is 3. The average molecular weight is 414 g/mol. The molecule has 0 saturated carbocycles. The minimum absolute atomic E-state index is 0.246. The van der Waals surface area contributed by atoms with Crippen LogP contribution in [0.5, 0.6) is 0 Å². The van der Waals surface area contributed by atoms with E-state index >= 15 is 0 Å². The zero-order chi connectivity index (χ0) is 20.5. The smallest absolute Gasteiger partial charge is 0.329 e. The molecule has 1 aromatic carbocycles. The number of carbonyl (C=O) groups excluding carboxylic acids is 1. The predicted molar refractivity (Wildman–Crippen MR) is 88.0 cm³/mol. The predicted octanol–water partition coefficient (Wildman–Crippen LogP) is 3.59. The van der Waals surface area contributed by atoms with E-state index in [1.807, 2.05) is 0 Å². The van der Waals surface area contributed by atoms with Crippen molar-refractivity contribution in [2.24, 2.45) is 4.36 Å². The monoisotopic (exact) mass is 414 g/mol. The van der Waals surface area contributed by atoms with Crippen LogP contribution in [0, 0.1) is 5.82 Å². The Labute approximate surface area is 155 Å². The van der Waals surface area contributed by atoms with E-state index in [2.05, 4.69) is 24.0 Å². The minimum atomic E-state index is -4.87. The first kappa shape index (κ1) is 19.6. The van der Waals surface area contributed by atoms with Gasteiger partial charge in [-0.3, -0.25) is 9.78 Å². The number of pyridine rings is 1. The molecule has 28 heavy (non-hydrogen) atoms. The summed E-state index contributed by atoms with van der Waals surface area (Å²) in [6.45, 7) is 0. The largest absolute Gasteiger partial charge is 0.471 e. The molecule has 7 nitrogen and oxygen atoms in total. The van der Waals surface area contributed by atoms with E-state index in [0.29, 0.717) is 0 Å². The van der Waals surface area contributed by atoms with Crippen LogP contribution in [-0.4, -0.2) is 31.5 Å². The molecule has 0 bridgehead atoms. The Morgan fingerprint density at radius 1 is 1.18 bits per heavy atom. The Balaban J connectivity index is 1.92. The molecule has 12 heteroatoms. The fourth-order valence-electron chi connectivity index (χ4n) is 2.13. The van der Waals surface area contributed by atoms with Gasteiger partial charge in [-0.25, -0.2) is 8.60 Å². The molecule has 0 radical (unpaired) electrons. The van der Waals surface area contributed by atoms with E-state index in [9.17, 15) is 26.6 Å². The Morgan fingerprint density at radius 2 is 1.86 bits per heavy atom. The van der Waals surface area contributed by atoms with E-state index in [1.165, 1.54) is 30.8 Å². The van der Waals surface area contributed by atoms with Crippen LogP contribution in [0.2, 0.25) is 0 Å². The molecule has 0 aliphatic heterocycles. The van der Waals surface area contributed by atoms with Crippen LogP contribution < -0.4 is 0 Å². The second-order valence-electron chi connectivity index (χ2n) is 5.50. The quantitative estimate of drug-likeness (QED) is 0.608. The molecule has 0 spiro atoms. The van der Waals surface area contributed by atoms with Crippen LogP contribution in [-0.2, 0) is 15.9 Å². The second kappa shape index (κ2) is 7.11. The van der Waals surface area contributed by atoms with Gasteiger partial charge in [0.2, 0.25) is 5.82 Å². The molecule has 1 unspecified atom stereocenters. The van der Waals surface area contributed by atoms with E-state index in [4.69, 9.17) is 0 Å². The molecule has 146 valence electrons. The third-order valence-corrected chi connectivity index (χ3v) is 5.13. The number of halogens is 4. The van der Waals surface area contributed by atoms with Crippen molar-refractivity contribution in [3.63, 3.8) is 0 Å². The zero-order valence-corrected chi connectivity index (χ0v) is 14.8. The van der Waals surface area contributed by atoms with E-state index in [1.54, 1.807) is 0 Å². The first-order chi connectivity index (χ1) is 13.1. The summed E-state index contributed by atoms with van der Waals surface area (Å²) in [4.78, 5) is 19.4. The molecule has 3 aromatic rings. The highest BCUT2D eigenvalue weighted by atomic mass is 32.2. The number of rotatable bonds is 3. The minimum Gasteiger partial charge on any atom is -0.329 e. The van der Waals surface area contributed by atoms with E-state index in [-0.39, 0.29) is 10.5 Å². The number of amides is 1. The summed E-state index contributed by atoms with van der Waals surface area (Å²) in [6.07, 6.45) is -0.867. The summed E-state index contributed by atoms with van der Waals surface area (Å²) in [5, 5.41) is 3.08. The lowest BCUT2D eigenvalue weighted by atomic mass is 10.1. The number of carbonyl (C=O) groups is 1. The van der Waals surface area contributed by atoms with Gasteiger partial charge in [-0.05, 0) is 30.3 Å². The molecular weight excluding hydrogens is 404 g/mol. The number of aromatic nitrogens is 3. The highest BCUT2D eigenvalue weighted by molar-refractivity contribution is 7.93. The van der Waals surface area contributed by atoms with Crippen molar-refractivity contribution in [3.05, 3.63) is 60.0 Å².